The second-order valence-electron chi connectivity index (χ2n) is 8.24. The van der Waals surface area contributed by atoms with Gasteiger partial charge in [-0.3, -0.25) is 4.79 Å². The summed E-state index contributed by atoms with van der Waals surface area (Å²) in [5, 5.41) is 0. The van der Waals surface area contributed by atoms with Crippen molar-refractivity contribution in [1.29, 1.82) is 0 Å². The van der Waals surface area contributed by atoms with Crippen LogP contribution in [0.3, 0.4) is 0 Å². The van der Waals surface area contributed by atoms with Crippen LogP contribution in [0.25, 0.3) is 0 Å². The topological polar surface area (TPSA) is 44.8 Å². The van der Waals surface area contributed by atoms with Gasteiger partial charge < -0.3 is 13.9 Å². The molecule has 2 aliphatic rings. The van der Waals surface area contributed by atoms with E-state index < -0.39 is 13.7 Å². The van der Waals surface area contributed by atoms with Gasteiger partial charge in [0.15, 0.2) is 5.41 Å². The zero-order chi connectivity index (χ0) is 18.3. The zero-order valence-corrected chi connectivity index (χ0v) is 17.3. The number of carbonyl (C=O) groups excluding carboxylic acids is 1. The lowest BCUT2D eigenvalue weighted by atomic mass is 10.00. The SMILES string of the molecule is C=C(O[Si](C(C)C)(C(C)C)C(C)C)[C@@]1(C(=O)OC)C2CCCOC21. The normalized spacial score (nSPS) is 29.6. The van der Waals surface area contributed by atoms with E-state index in [1.54, 1.807) is 0 Å². The van der Waals surface area contributed by atoms with E-state index in [1.807, 2.05) is 0 Å². The summed E-state index contributed by atoms with van der Waals surface area (Å²) in [7, 11) is -0.702. The van der Waals surface area contributed by atoms with Crippen LogP contribution in [0.1, 0.15) is 54.4 Å². The molecule has 5 heteroatoms. The second-order valence-corrected chi connectivity index (χ2v) is 13.6. The van der Waals surface area contributed by atoms with Crippen molar-refractivity contribution in [2.75, 3.05) is 13.7 Å². The first kappa shape index (κ1) is 19.5. The Morgan fingerprint density at radius 1 is 1.17 bits per heavy atom. The third-order valence-corrected chi connectivity index (χ3v) is 12.3. The molecule has 4 nitrogen and oxygen atoms in total. The predicted molar refractivity (Wildman–Crippen MR) is 98.2 cm³/mol. The predicted octanol–water partition coefficient (Wildman–Crippen LogP) is 4.66. The van der Waals surface area contributed by atoms with Gasteiger partial charge >= 0.3 is 5.97 Å². The third-order valence-electron chi connectivity index (χ3n) is 6.24. The van der Waals surface area contributed by atoms with Gasteiger partial charge in [-0.2, -0.15) is 0 Å². The molecule has 138 valence electrons. The monoisotopic (exact) mass is 354 g/mol. The molecule has 3 atom stereocenters. The smallest absolute Gasteiger partial charge is 0.322 e. The Balaban J connectivity index is 2.36. The Hall–Kier alpha value is -0.813. The highest BCUT2D eigenvalue weighted by Crippen LogP contribution is 2.65. The van der Waals surface area contributed by atoms with Crippen molar-refractivity contribution < 1.29 is 18.7 Å². The molecule has 0 radical (unpaired) electrons. The number of fused-ring (bicyclic) bond motifs is 1. The van der Waals surface area contributed by atoms with Gasteiger partial charge in [0.1, 0.15) is 0 Å². The molecule has 1 aliphatic heterocycles. The number of rotatable bonds is 7. The summed E-state index contributed by atoms with van der Waals surface area (Å²) in [5.74, 6) is 0.502. The summed E-state index contributed by atoms with van der Waals surface area (Å²) in [5.41, 5.74) is 0.518. The summed E-state index contributed by atoms with van der Waals surface area (Å²) >= 11 is 0. The molecule has 2 unspecified atom stereocenters. The van der Waals surface area contributed by atoms with E-state index in [0.29, 0.717) is 29.0 Å². The molecular weight excluding hydrogens is 320 g/mol. The quantitative estimate of drug-likeness (QED) is 0.379. The highest BCUT2D eigenvalue weighted by atomic mass is 28.4. The van der Waals surface area contributed by atoms with Crippen LogP contribution in [0.4, 0.5) is 0 Å². The van der Waals surface area contributed by atoms with Crippen LogP contribution < -0.4 is 0 Å². The molecule has 0 aromatic rings. The second kappa shape index (κ2) is 6.83. The molecule has 0 N–H and O–H groups in total. The van der Waals surface area contributed by atoms with E-state index >= 15 is 0 Å². The average molecular weight is 355 g/mol. The number of methoxy groups -OCH3 is 1. The van der Waals surface area contributed by atoms with Crippen molar-refractivity contribution in [2.45, 2.75) is 77.1 Å². The van der Waals surface area contributed by atoms with E-state index in [4.69, 9.17) is 13.9 Å². The number of carbonyl (C=O) groups is 1. The van der Waals surface area contributed by atoms with E-state index in [1.165, 1.54) is 7.11 Å². The fraction of sp³-hybridized carbons (Fsp3) is 0.842. The number of hydrogen-bond donors (Lipinski definition) is 0. The van der Waals surface area contributed by atoms with Gasteiger partial charge in [0.05, 0.1) is 19.0 Å². The van der Waals surface area contributed by atoms with Crippen LogP contribution >= 0.6 is 0 Å². The van der Waals surface area contributed by atoms with Crippen LogP contribution in [0.2, 0.25) is 16.6 Å². The molecule has 0 spiro atoms. The number of hydrogen-bond acceptors (Lipinski definition) is 4. The maximum atomic E-state index is 12.7. The van der Waals surface area contributed by atoms with Crippen molar-refractivity contribution in [3.8, 4) is 0 Å². The largest absolute Gasteiger partial charge is 0.545 e. The van der Waals surface area contributed by atoms with Gasteiger partial charge in [0, 0.05) is 12.5 Å². The molecule has 2 fully saturated rings. The fourth-order valence-corrected chi connectivity index (χ4v) is 10.4. The Kier molecular flexibility index (Phi) is 5.55. The van der Waals surface area contributed by atoms with Crippen molar-refractivity contribution in [1.82, 2.24) is 0 Å². The molecule has 0 amide bonds. The summed E-state index contributed by atoms with van der Waals surface area (Å²) in [4.78, 5) is 12.7. The Bertz CT molecular complexity index is 464. The maximum Gasteiger partial charge on any atom is 0.322 e. The van der Waals surface area contributed by atoms with Crippen molar-refractivity contribution >= 4 is 14.3 Å². The van der Waals surface area contributed by atoms with Crippen LogP contribution in [0.5, 0.6) is 0 Å². The molecule has 0 bridgehead atoms. The molecular formula is C19H34O4Si. The average Bonchev–Trinajstić information content (AvgIpc) is 3.20. The minimum Gasteiger partial charge on any atom is -0.545 e. The first-order chi connectivity index (χ1) is 11.2. The lowest BCUT2D eigenvalue weighted by molar-refractivity contribution is -0.148. The van der Waals surface area contributed by atoms with E-state index in [2.05, 4.69) is 48.1 Å². The number of ether oxygens (including phenoxy) is 2. The lowest BCUT2D eigenvalue weighted by Gasteiger charge is -2.43. The minimum absolute atomic E-state index is 0.121. The summed E-state index contributed by atoms with van der Waals surface area (Å²) in [6, 6.07) is 0. The first-order valence-corrected chi connectivity index (χ1v) is 11.4. The van der Waals surface area contributed by atoms with E-state index in [-0.39, 0.29) is 18.0 Å². The van der Waals surface area contributed by atoms with Gasteiger partial charge in [0.25, 0.3) is 8.32 Å². The van der Waals surface area contributed by atoms with Crippen LogP contribution in [-0.2, 0) is 18.7 Å². The lowest BCUT2D eigenvalue weighted by Crippen LogP contribution is -2.49. The van der Waals surface area contributed by atoms with Gasteiger partial charge in [-0.15, -0.1) is 0 Å². The van der Waals surface area contributed by atoms with Crippen molar-refractivity contribution in [2.24, 2.45) is 11.3 Å². The van der Waals surface area contributed by atoms with Crippen LogP contribution in [-0.4, -0.2) is 34.1 Å². The Labute approximate surface area is 148 Å². The van der Waals surface area contributed by atoms with Crippen LogP contribution in [0.15, 0.2) is 12.3 Å². The van der Waals surface area contributed by atoms with Gasteiger partial charge in [0.2, 0.25) is 0 Å². The molecule has 0 aromatic carbocycles. The minimum atomic E-state index is -2.15. The summed E-state index contributed by atoms with van der Waals surface area (Å²) < 4.78 is 17.8. The molecule has 2 rings (SSSR count). The molecule has 1 heterocycles. The fourth-order valence-electron chi connectivity index (χ4n) is 5.13. The van der Waals surface area contributed by atoms with Gasteiger partial charge in [-0.1, -0.05) is 48.1 Å². The molecule has 1 aliphatic carbocycles. The third kappa shape index (κ3) is 2.64. The summed E-state index contributed by atoms with van der Waals surface area (Å²) in [6.45, 7) is 18.4. The zero-order valence-electron chi connectivity index (χ0n) is 16.3. The highest BCUT2D eigenvalue weighted by Gasteiger charge is 2.75. The summed E-state index contributed by atoms with van der Waals surface area (Å²) in [6.07, 6.45) is 1.83. The standard InChI is InChI=1S/C19H34O4Si/c1-12(2)24(13(3)4,14(5)6)23-15(7)19(18(20)21-8)16-10-9-11-22-17(16)19/h12-14,16-17H,7,9-11H2,1-6,8H3/t16?,17?,19-/m1/s1. The maximum absolute atomic E-state index is 12.7. The highest BCUT2D eigenvalue weighted by molar-refractivity contribution is 6.77. The molecule has 24 heavy (non-hydrogen) atoms. The van der Waals surface area contributed by atoms with Gasteiger partial charge in [-0.05, 0) is 29.5 Å². The Morgan fingerprint density at radius 2 is 1.71 bits per heavy atom. The number of esters is 1. The van der Waals surface area contributed by atoms with E-state index in [9.17, 15) is 4.79 Å². The first-order valence-electron chi connectivity index (χ1n) is 9.25. The molecule has 1 saturated heterocycles. The van der Waals surface area contributed by atoms with Crippen molar-refractivity contribution in [3.05, 3.63) is 12.3 Å². The molecule has 0 aromatic heterocycles. The van der Waals surface area contributed by atoms with E-state index in [0.717, 1.165) is 12.8 Å². The van der Waals surface area contributed by atoms with Crippen LogP contribution in [0, 0.1) is 11.3 Å². The Morgan fingerprint density at radius 3 is 2.08 bits per heavy atom. The molecule has 1 saturated carbocycles. The van der Waals surface area contributed by atoms with Crippen molar-refractivity contribution in [3.63, 3.8) is 0 Å². The van der Waals surface area contributed by atoms with Gasteiger partial charge in [-0.25, -0.2) is 0 Å².